The van der Waals surface area contributed by atoms with Gasteiger partial charge in [-0.2, -0.15) is 0 Å². The lowest BCUT2D eigenvalue weighted by atomic mass is 10.00. The highest BCUT2D eigenvalue weighted by atomic mass is 16.2. The summed E-state index contributed by atoms with van der Waals surface area (Å²) in [7, 11) is 0. The highest BCUT2D eigenvalue weighted by molar-refractivity contribution is 6.21. The van der Waals surface area contributed by atoms with Crippen LogP contribution in [0.3, 0.4) is 0 Å². The van der Waals surface area contributed by atoms with E-state index < -0.39 is 0 Å². The number of benzene rings is 1. The van der Waals surface area contributed by atoms with Gasteiger partial charge in [0.2, 0.25) is 17.8 Å². The van der Waals surface area contributed by atoms with E-state index in [4.69, 9.17) is 0 Å². The number of nitrogens with one attached hydrogen (secondary N) is 1. The van der Waals surface area contributed by atoms with Crippen LogP contribution in [-0.4, -0.2) is 21.8 Å². The van der Waals surface area contributed by atoms with E-state index in [1.807, 2.05) is 32.0 Å². The highest BCUT2D eigenvalue weighted by Gasteiger charge is 2.42. The molecule has 0 aliphatic carbocycles. The Morgan fingerprint density at radius 1 is 0.960 bits per heavy atom. The third-order valence-electron chi connectivity index (χ3n) is 4.60. The molecule has 6 heteroatoms. The normalized spacial score (nSPS) is 20.2. The molecule has 0 radical (unpaired) electrons. The molecule has 1 N–H and O–H groups in total. The molecule has 2 heterocycles. The van der Waals surface area contributed by atoms with Gasteiger partial charge >= 0.3 is 0 Å². The van der Waals surface area contributed by atoms with Crippen LogP contribution in [0.1, 0.15) is 30.8 Å². The molecule has 0 unspecified atom stereocenters. The predicted octanol–water partition coefficient (Wildman–Crippen LogP) is 2.85. The van der Waals surface area contributed by atoms with Crippen molar-refractivity contribution in [2.45, 2.75) is 34.2 Å². The molecule has 130 valence electrons. The highest BCUT2D eigenvalue weighted by Crippen LogP contribution is 2.30. The molecule has 25 heavy (non-hydrogen) atoms. The number of hydrogen-bond donors (Lipinski definition) is 1. The molecule has 2 amide bonds. The molecule has 1 fully saturated rings. The van der Waals surface area contributed by atoms with Crippen LogP contribution in [0.4, 0.5) is 11.6 Å². The Bertz CT molecular complexity index is 776. The number of carbonyl (C=O) groups is 2. The number of aryl methyl sites for hydroxylation is 2. The van der Waals surface area contributed by atoms with Crippen molar-refractivity contribution in [1.29, 1.82) is 0 Å². The topological polar surface area (TPSA) is 75.2 Å². The number of anilines is 2. The van der Waals surface area contributed by atoms with Gasteiger partial charge in [0.1, 0.15) is 0 Å². The average molecular weight is 338 g/mol. The van der Waals surface area contributed by atoms with Crippen molar-refractivity contribution in [3.63, 3.8) is 0 Å². The zero-order valence-corrected chi connectivity index (χ0v) is 14.9. The summed E-state index contributed by atoms with van der Waals surface area (Å²) in [6.07, 6.45) is 0. The molecule has 0 bridgehead atoms. The third kappa shape index (κ3) is 3.38. The van der Waals surface area contributed by atoms with Crippen LogP contribution in [0.2, 0.25) is 0 Å². The predicted molar refractivity (Wildman–Crippen MR) is 96.1 cm³/mol. The summed E-state index contributed by atoms with van der Waals surface area (Å²) in [5.41, 5.74) is 3.48. The fourth-order valence-corrected chi connectivity index (χ4v) is 2.95. The molecule has 0 spiro atoms. The minimum Gasteiger partial charge on any atom is -0.350 e. The second-order valence-electron chi connectivity index (χ2n) is 6.58. The Morgan fingerprint density at radius 2 is 1.48 bits per heavy atom. The van der Waals surface area contributed by atoms with Crippen molar-refractivity contribution in [3.8, 4) is 0 Å². The molecule has 1 saturated heterocycles. The van der Waals surface area contributed by atoms with Crippen LogP contribution in [-0.2, 0) is 16.1 Å². The van der Waals surface area contributed by atoms with E-state index >= 15 is 0 Å². The monoisotopic (exact) mass is 338 g/mol. The van der Waals surface area contributed by atoms with Crippen LogP contribution in [0.25, 0.3) is 0 Å². The van der Waals surface area contributed by atoms with Gasteiger partial charge < -0.3 is 5.32 Å². The Labute approximate surface area is 147 Å². The van der Waals surface area contributed by atoms with Gasteiger partial charge in [-0.15, -0.1) is 0 Å². The molecule has 1 aromatic carbocycles. The van der Waals surface area contributed by atoms with E-state index in [2.05, 4.69) is 15.3 Å². The summed E-state index contributed by atoms with van der Waals surface area (Å²) in [6.45, 7) is 8.03. The summed E-state index contributed by atoms with van der Waals surface area (Å²) in [4.78, 5) is 34.5. The molecule has 6 nitrogen and oxygen atoms in total. The molecule has 1 aliphatic rings. The van der Waals surface area contributed by atoms with Crippen molar-refractivity contribution in [3.05, 3.63) is 47.3 Å². The van der Waals surface area contributed by atoms with Gasteiger partial charge in [0.05, 0.1) is 5.69 Å². The van der Waals surface area contributed by atoms with Gasteiger partial charge in [-0.05, 0) is 37.6 Å². The first-order chi connectivity index (χ1) is 11.9. The Kier molecular flexibility index (Phi) is 4.53. The second-order valence-corrected chi connectivity index (χ2v) is 6.58. The lowest BCUT2D eigenvalue weighted by Gasteiger charge is -2.15. The number of carbonyl (C=O) groups excluding carboxylic acids is 2. The Morgan fingerprint density at radius 3 is 2.00 bits per heavy atom. The number of rotatable bonds is 4. The molecule has 1 aromatic heterocycles. The van der Waals surface area contributed by atoms with E-state index in [1.165, 1.54) is 4.90 Å². The second kappa shape index (κ2) is 6.63. The van der Waals surface area contributed by atoms with Crippen LogP contribution in [0.5, 0.6) is 0 Å². The van der Waals surface area contributed by atoms with E-state index in [9.17, 15) is 9.59 Å². The van der Waals surface area contributed by atoms with E-state index in [1.54, 1.807) is 26.0 Å². The summed E-state index contributed by atoms with van der Waals surface area (Å²) in [5.74, 6) is -0.209. The molecule has 3 rings (SSSR count). The lowest BCUT2D eigenvalue weighted by Crippen LogP contribution is -2.30. The SMILES string of the molecule is Cc1cc(C)nc(NCc2ccc(N3C(=O)[C@@H](C)[C@@H](C)C3=O)cc2)n1. The first-order valence-corrected chi connectivity index (χ1v) is 8.39. The third-order valence-corrected chi connectivity index (χ3v) is 4.60. The quantitative estimate of drug-likeness (QED) is 0.868. The molecule has 2 aromatic rings. The molecule has 0 saturated carbocycles. The number of aromatic nitrogens is 2. The summed E-state index contributed by atoms with van der Waals surface area (Å²) in [5, 5.41) is 3.19. The van der Waals surface area contributed by atoms with Gasteiger partial charge in [0.25, 0.3) is 0 Å². The summed E-state index contributed by atoms with van der Waals surface area (Å²) in [6, 6.07) is 9.34. The van der Waals surface area contributed by atoms with Gasteiger partial charge in [0.15, 0.2) is 0 Å². The zero-order chi connectivity index (χ0) is 18.1. The zero-order valence-electron chi connectivity index (χ0n) is 14.9. The van der Waals surface area contributed by atoms with Crippen LogP contribution in [0.15, 0.2) is 30.3 Å². The number of nitrogens with zero attached hydrogens (tertiary/aromatic N) is 3. The molecule has 1 aliphatic heterocycles. The van der Waals surface area contributed by atoms with Crippen LogP contribution < -0.4 is 10.2 Å². The lowest BCUT2D eigenvalue weighted by molar-refractivity contribution is -0.122. The van der Waals surface area contributed by atoms with Crippen molar-refractivity contribution >= 4 is 23.5 Å². The van der Waals surface area contributed by atoms with Crippen LogP contribution >= 0.6 is 0 Å². The van der Waals surface area contributed by atoms with Crippen molar-refractivity contribution in [1.82, 2.24) is 9.97 Å². The molecular weight excluding hydrogens is 316 g/mol. The minimum absolute atomic E-state index is 0.132. The smallest absolute Gasteiger partial charge is 0.237 e. The van der Waals surface area contributed by atoms with E-state index in [-0.39, 0.29) is 23.7 Å². The minimum atomic E-state index is -0.268. The molecular formula is C19H22N4O2. The summed E-state index contributed by atoms with van der Waals surface area (Å²) < 4.78 is 0. The van der Waals surface area contributed by atoms with Gasteiger partial charge in [-0.1, -0.05) is 26.0 Å². The van der Waals surface area contributed by atoms with Crippen LogP contribution in [0, 0.1) is 25.7 Å². The Hall–Kier alpha value is -2.76. The average Bonchev–Trinajstić information content (AvgIpc) is 2.76. The number of hydrogen-bond acceptors (Lipinski definition) is 5. The maximum absolute atomic E-state index is 12.3. The van der Waals surface area contributed by atoms with E-state index in [0.717, 1.165) is 17.0 Å². The largest absolute Gasteiger partial charge is 0.350 e. The first-order valence-electron chi connectivity index (χ1n) is 8.39. The maximum atomic E-state index is 12.3. The fraction of sp³-hybridized carbons (Fsp3) is 0.368. The summed E-state index contributed by atoms with van der Waals surface area (Å²) >= 11 is 0. The van der Waals surface area contributed by atoms with Crippen molar-refractivity contribution in [2.75, 3.05) is 10.2 Å². The van der Waals surface area contributed by atoms with Gasteiger partial charge in [-0.25, -0.2) is 9.97 Å². The van der Waals surface area contributed by atoms with Crippen molar-refractivity contribution < 1.29 is 9.59 Å². The number of amides is 2. The van der Waals surface area contributed by atoms with E-state index in [0.29, 0.717) is 18.2 Å². The molecule has 2 atom stereocenters. The van der Waals surface area contributed by atoms with Gasteiger partial charge in [0, 0.05) is 29.8 Å². The standard InChI is InChI=1S/C19H22N4O2/c1-11-9-12(2)22-19(21-11)20-10-15-5-7-16(8-6-15)23-17(24)13(3)14(4)18(23)25/h5-9,13-14H,10H2,1-4H3,(H,20,21,22)/t13-,14+. The first kappa shape index (κ1) is 17.1. The van der Waals surface area contributed by atoms with Gasteiger partial charge in [-0.3, -0.25) is 14.5 Å². The fourth-order valence-electron chi connectivity index (χ4n) is 2.95. The number of imide groups is 1. The maximum Gasteiger partial charge on any atom is 0.237 e. The Balaban J connectivity index is 1.70. The van der Waals surface area contributed by atoms with Crippen molar-refractivity contribution in [2.24, 2.45) is 11.8 Å².